The summed E-state index contributed by atoms with van der Waals surface area (Å²) in [6.45, 7) is 8.47. The summed E-state index contributed by atoms with van der Waals surface area (Å²) in [6, 6.07) is 0.691. The molecule has 130 valence electrons. The molecule has 0 amide bonds. The molecule has 2 rings (SSSR count). The Hall–Kier alpha value is -0.160. The maximum atomic E-state index is 10.3. The van der Waals surface area contributed by atoms with Crippen molar-refractivity contribution in [3.8, 4) is 0 Å². The zero-order valence-electron chi connectivity index (χ0n) is 14.6. The van der Waals surface area contributed by atoms with Crippen molar-refractivity contribution in [3.05, 3.63) is 0 Å². The van der Waals surface area contributed by atoms with Crippen LogP contribution >= 0.6 is 0 Å². The van der Waals surface area contributed by atoms with E-state index in [1.54, 1.807) is 0 Å². The second-order valence-electron chi connectivity index (χ2n) is 7.15. The van der Waals surface area contributed by atoms with E-state index in [0.29, 0.717) is 12.1 Å². The van der Waals surface area contributed by atoms with Crippen molar-refractivity contribution >= 4 is 0 Å². The fourth-order valence-corrected chi connectivity index (χ4v) is 4.26. The zero-order chi connectivity index (χ0) is 15.9. The smallest absolute Gasteiger partial charge is 0.0692 e. The second-order valence-corrected chi connectivity index (χ2v) is 7.15. The van der Waals surface area contributed by atoms with Gasteiger partial charge in [0.2, 0.25) is 0 Å². The van der Waals surface area contributed by atoms with Gasteiger partial charge in [0.25, 0.3) is 0 Å². The summed E-state index contributed by atoms with van der Waals surface area (Å²) in [5.41, 5.74) is 0. The first kappa shape index (κ1) is 18.2. The van der Waals surface area contributed by atoms with Gasteiger partial charge in [0, 0.05) is 25.2 Å². The van der Waals surface area contributed by atoms with Crippen molar-refractivity contribution < 1.29 is 10.2 Å². The number of aliphatic hydroxyl groups is 2. The van der Waals surface area contributed by atoms with Crippen LogP contribution in [0.2, 0.25) is 0 Å². The number of piperidine rings is 2. The van der Waals surface area contributed by atoms with E-state index in [4.69, 9.17) is 0 Å². The highest BCUT2D eigenvalue weighted by Gasteiger charge is 2.31. The van der Waals surface area contributed by atoms with Gasteiger partial charge in [-0.05, 0) is 51.6 Å². The van der Waals surface area contributed by atoms with E-state index in [-0.39, 0.29) is 12.2 Å². The monoisotopic (exact) mass is 312 g/mol. The number of nitrogens with zero attached hydrogens (tertiary/aromatic N) is 2. The SMILES string of the molecule is CCC(O)C1CCCCN1CCN1CCCCC1C(O)CC. The van der Waals surface area contributed by atoms with Gasteiger partial charge in [0.1, 0.15) is 0 Å². The molecule has 0 aromatic carbocycles. The van der Waals surface area contributed by atoms with E-state index in [0.717, 1.165) is 51.9 Å². The number of aliphatic hydroxyl groups excluding tert-OH is 2. The van der Waals surface area contributed by atoms with Crippen molar-refractivity contribution in [3.63, 3.8) is 0 Å². The normalized spacial score (nSPS) is 31.1. The highest BCUT2D eigenvalue weighted by atomic mass is 16.3. The van der Waals surface area contributed by atoms with Gasteiger partial charge in [-0.25, -0.2) is 0 Å². The maximum absolute atomic E-state index is 10.3. The van der Waals surface area contributed by atoms with Crippen LogP contribution < -0.4 is 0 Å². The molecule has 0 radical (unpaired) electrons. The highest BCUT2D eigenvalue weighted by molar-refractivity contribution is 4.86. The molecular formula is C18H36N2O2. The summed E-state index contributed by atoms with van der Waals surface area (Å²) in [5.74, 6) is 0. The minimum atomic E-state index is -0.182. The van der Waals surface area contributed by atoms with Crippen LogP contribution in [0.5, 0.6) is 0 Å². The third-order valence-electron chi connectivity index (χ3n) is 5.73. The predicted molar refractivity (Wildman–Crippen MR) is 91.0 cm³/mol. The Bertz CT molecular complexity index is 283. The topological polar surface area (TPSA) is 46.9 Å². The molecule has 4 unspecified atom stereocenters. The minimum absolute atomic E-state index is 0.182. The summed E-state index contributed by atoms with van der Waals surface area (Å²) in [5, 5.41) is 20.5. The van der Waals surface area contributed by atoms with Gasteiger partial charge in [-0.3, -0.25) is 9.80 Å². The molecule has 2 aliphatic rings. The fourth-order valence-electron chi connectivity index (χ4n) is 4.26. The first-order valence-electron chi connectivity index (χ1n) is 9.51. The quantitative estimate of drug-likeness (QED) is 0.757. The summed E-state index contributed by atoms with van der Waals surface area (Å²) in [4.78, 5) is 5.00. The van der Waals surface area contributed by atoms with Gasteiger partial charge in [0.05, 0.1) is 12.2 Å². The molecule has 4 atom stereocenters. The van der Waals surface area contributed by atoms with Crippen LogP contribution in [0.3, 0.4) is 0 Å². The minimum Gasteiger partial charge on any atom is -0.392 e. The van der Waals surface area contributed by atoms with E-state index in [2.05, 4.69) is 23.6 Å². The predicted octanol–water partition coefficient (Wildman–Crippen LogP) is 2.24. The lowest BCUT2D eigenvalue weighted by molar-refractivity contribution is -0.00491. The summed E-state index contributed by atoms with van der Waals surface area (Å²) in [7, 11) is 0. The average Bonchev–Trinajstić information content (AvgIpc) is 2.59. The van der Waals surface area contributed by atoms with Crippen LogP contribution in [-0.2, 0) is 0 Å². The fraction of sp³-hybridized carbons (Fsp3) is 1.00. The molecule has 2 N–H and O–H groups in total. The van der Waals surface area contributed by atoms with Crippen LogP contribution in [0.4, 0.5) is 0 Å². The number of hydrogen-bond donors (Lipinski definition) is 2. The molecule has 0 bridgehead atoms. The molecule has 4 heteroatoms. The van der Waals surface area contributed by atoms with Crippen LogP contribution in [0.1, 0.15) is 65.2 Å². The van der Waals surface area contributed by atoms with Gasteiger partial charge >= 0.3 is 0 Å². The highest BCUT2D eigenvalue weighted by Crippen LogP contribution is 2.24. The van der Waals surface area contributed by atoms with E-state index in [1.165, 1.54) is 25.7 Å². The third-order valence-corrected chi connectivity index (χ3v) is 5.73. The van der Waals surface area contributed by atoms with Crippen LogP contribution in [0.25, 0.3) is 0 Å². The molecule has 0 aromatic rings. The van der Waals surface area contributed by atoms with Crippen LogP contribution in [-0.4, -0.2) is 70.5 Å². The van der Waals surface area contributed by atoms with Gasteiger partial charge in [-0.15, -0.1) is 0 Å². The van der Waals surface area contributed by atoms with Crippen LogP contribution in [0, 0.1) is 0 Å². The van der Waals surface area contributed by atoms with Crippen LogP contribution in [0.15, 0.2) is 0 Å². The maximum Gasteiger partial charge on any atom is 0.0692 e. The average molecular weight is 312 g/mol. The third kappa shape index (κ3) is 4.67. The molecule has 22 heavy (non-hydrogen) atoms. The van der Waals surface area contributed by atoms with E-state index in [9.17, 15) is 10.2 Å². The molecule has 2 heterocycles. The summed E-state index contributed by atoms with van der Waals surface area (Å²) >= 11 is 0. The lowest BCUT2D eigenvalue weighted by atomic mass is 9.94. The molecule has 2 aliphatic heterocycles. The molecule has 0 aliphatic carbocycles. The first-order valence-corrected chi connectivity index (χ1v) is 9.51. The lowest BCUT2D eigenvalue weighted by Crippen LogP contribution is -2.52. The molecule has 2 saturated heterocycles. The Morgan fingerprint density at radius 1 is 0.773 bits per heavy atom. The zero-order valence-corrected chi connectivity index (χ0v) is 14.6. The second kappa shape index (κ2) is 9.21. The first-order chi connectivity index (χ1) is 10.7. The van der Waals surface area contributed by atoms with E-state index in [1.807, 2.05) is 0 Å². The van der Waals surface area contributed by atoms with Crippen molar-refractivity contribution in [2.45, 2.75) is 89.5 Å². The number of rotatable bonds is 7. The Morgan fingerprint density at radius 2 is 1.18 bits per heavy atom. The Morgan fingerprint density at radius 3 is 1.55 bits per heavy atom. The molecule has 2 fully saturated rings. The van der Waals surface area contributed by atoms with Crippen molar-refractivity contribution in [1.82, 2.24) is 9.80 Å². The van der Waals surface area contributed by atoms with Gasteiger partial charge < -0.3 is 10.2 Å². The van der Waals surface area contributed by atoms with Gasteiger partial charge in [0.15, 0.2) is 0 Å². The van der Waals surface area contributed by atoms with Crippen molar-refractivity contribution in [1.29, 1.82) is 0 Å². The summed E-state index contributed by atoms with van der Waals surface area (Å²) < 4.78 is 0. The summed E-state index contributed by atoms with van der Waals surface area (Å²) in [6.07, 6.45) is 8.62. The lowest BCUT2D eigenvalue weighted by Gasteiger charge is -2.42. The number of hydrogen-bond acceptors (Lipinski definition) is 4. The molecule has 0 spiro atoms. The van der Waals surface area contributed by atoms with Gasteiger partial charge in [-0.1, -0.05) is 26.7 Å². The van der Waals surface area contributed by atoms with Gasteiger partial charge in [-0.2, -0.15) is 0 Å². The molecular weight excluding hydrogens is 276 g/mol. The van der Waals surface area contributed by atoms with E-state index < -0.39 is 0 Å². The molecule has 0 saturated carbocycles. The Kier molecular flexibility index (Phi) is 7.61. The Balaban J connectivity index is 1.88. The standard InChI is InChI=1S/C18H36N2O2/c1-3-17(21)15-9-5-7-11-19(15)13-14-20-12-8-6-10-16(20)18(22)4-2/h15-18,21-22H,3-14H2,1-2H3. The largest absolute Gasteiger partial charge is 0.392 e. The number of likely N-dealkylation sites (tertiary alicyclic amines) is 2. The van der Waals surface area contributed by atoms with E-state index >= 15 is 0 Å². The van der Waals surface area contributed by atoms with Crippen molar-refractivity contribution in [2.24, 2.45) is 0 Å². The molecule has 4 nitrogen and oxygen atoms in total. The van der Waals surface area contributed by atoms with Crippen molar-refractivity contribution in [2.75, 3.05) is 26.2 Å². The molecule has 0 aromatic heterocycles. The Labute approximate surface area is 136 Å².